The summed E-state index contributed by atoms with van der Waals surface area (Å²) in [6.07, 6.45) is 0. The molecule has 3 rings (SSSR count). The van der Waals surface area contributed by atoms with Crippen molar-refractivity contribution in [3.63, 3.8) is 0 Å². The number of halogens is 1. The second-order valence-corrected chi connectivity index (χ2v) is 9.42. The molecule has 0 spiro atoms. The van der Waals surface area contributed by atoms with Crippen LogP contribution in [-0.4, -0.2) is 48.7 Å². The van der Waals surface area contributed by atoms with Crippen LogP contribution in [0.25, 0.3) is 0 Å². The molecule has 1 aliphatic heterocycles. The number of aromatic nitrogens is 2. The molecule has 0 atom stereocenters. The third-order valence-electron chi connectivity index (χ3n) is 3.94. The van der Waals surface area contributed by atoms with E-state index in [1.54, 1.807) is 4.68 Å². The number of benzene rings is 1. The van der Waals surface area contributed by atoms with Gasteiger partial charge in [-0.1, -0.05) is 17.4 Å². The lowest BCUT2D eigenvalue weighted by atomic mass is 10.4. The van der Waals surface area contributed by atoms with E-state index in [9.17, 15) is 12.8 Å². The number of quaternary nitrogens is 1. The van der Waals surface area contributed by atoms with Crippen LogP contribution in [0.4, 0.5) is 4.39 Å². The van der Waals surface area contributed by atoms with Gasteiger partial charge in [0.1, 0.15) is 10.8 Å². The predicted octanol–water partition coefficient (Wildman–Crippen LogP) is 0.669. The Bertz CT molecular complexity index is 885. The molecule has 1 aromatic carbocycles. The van der Waals surface area contributed by atoms with Gasteiger partial charge in [0, 0.05) is 0 Å². The third kappa shape index (κ3) is 3.72. The number of nitrogens with zero attached hydrogens (tertiary/aromatic N) is 3. The van der Waals surface area contributed by atoms with Gasteiger partial charge in [-0.25, -0.2) is 12.8 Å². The second kappa shape index (κ2) is 6.96. The first-order chi connectivity index (χ1) is 11.4. The van der Waals surface area contributed by atoms with Gasteiger partial charge in [-0.05, 0) is 37.3 Å². The van der Waals surface area contributed by atoms with Crippen molar-refractivity contribution in [2.75, 3.05) is 26.2 Å². The topological polar surface area (TPSA) is 59.6 Å². The molecule has 0 unspecified atom stereocenters. The van der Waals surface area contributed by atoms with Crippen molar-refractivity contribution >= 4 is 33.6 Å². The molecule has 0 saturated carbocycles. The Labute approximate surface area is 149 Å². The monoisotopic (exact) mass is 389 g/mol. The van der Waals surface area contributed by atoms with Gasteiger partial charge in [-0.15, -0.1) is 0 Å². The van der Waals surface area contributed by atoms with Crippen molar-refractivity contribution in [3.8, 4) is 0 Å². The average Bonchev–Trinajstić information content (AvgIpc) is 2.85. The molecule has 1 N–H and O–H groups in total. The summed E-state index contributed by atoms with van der Waals surface area (Å²) in [6.45, 7) is 4.65. The summed E-state index contributed by atoms with van der Waals surface area (Å²) in [6, 6.07) is 5.14. The van der Waals surface area contributed by atoms with E-state index in [0.717, 1.165) is 15.0 Å². The van der Waals surface area contributed by atoms with Crippen LogP contribution in [0.15, 0.2) is 29.2 Å². The van der Waals surface area contributed by atoms with Crippen molar-refractivity contribution in [3.05, 3.63) is 39.0 Å². The molecule has 24 heavy (non-hydrogen) atoms. The highest BCUT2D eigenvalue weighted by Crippen LogP contribution is 2.16. The number of rotatable bonds is 4. The number of sulfonamides is 1. The Morgan fingerprint density at radius 1 is 1.38 bits per heavy atom. The van der Waals surface area contributed by atoms with Crippen LogP contribution >= 0.6 is 23.6 Å². The van der Waals surface area contributed by atoms with Crippen LogP contribution in [0, 0.1) is 16.7 Å². The van der Waals surface area contributed by atoms with E-state index in [0.29, 0.717) is 32.8 Å². The van der Waals surface area contributed by atoms with Crippen molar-refractivity contribution in [1.82, 2.24) is 14.1 Å². The van der Waals surface area contributed by atoms with Gasteiger partial charge in [0.25, 0.3) is 0 Å². The highest BCUT2D eigenvalue weighted by Gasteiger charge is 2.30. The Morgan fingerprint density at radius 3 is 2.67 bits per heavy atom. The largest absolute Gasteiger partial charge is 0.314 e. The molecule has 1 aromatic heterocycles. The Kier molecular flexibility index (Phi) is 5.11. The average molecular weight is 390 g/mol. The lowest BCUT2D eigenvalue weighted by Gasteiger charge is -2.31. The minimum absolute atomic E-state index is 0.00305. The first kappa shape index (κ1) is 17.6. The lowest BCUT2D eigenvalue weighted by molar-refractivity contribution is -0.926. The van der Waals surface area contributed by atoms with Gasteiger partial charge in [0.15, 0.2) is 10.6 Å². The van der Waals surface area contributed by atoms with Crippen molar-refractivity contribution < 1.29 is 17.7 Å². The van der Waals surface area contributed by atoms with Crippen molar-refractivity contribution in [2.45, 2.75) is 18.5 Å². The molecule has 6 nitrogen and oxygen atoms in total. The summed E-state index contributed by atoms with van der Waals surface area (Å²) in [5, 5.41) is 5.29. The van der Waals surface area contributed by atoms with Crippen LogP contribution < -0.4 is 4.90 Å². The SMILES string of the molecule is Cc1nn(C[NH+]2CCN(S(=O)(=O)c3cccc(F)c3)CC2)c(=S)s1. The summed E-state index contributed by atoms with van der Waals surface area (Å²) >= 11 is 6.74. The molecule has 0 aliphatic carbocycles. The van der Waals surface area contributed by atoms with Gasteiger partial charge < -0.3 is 4.90 Å². The van der Waals surface area contributed by atoms with Crippen LogP contribution in [0.5, 0.6) is 0 Å². The lowest BCUT2D eigenvalue weighted by Crippen LogP contribution is -3.14. The maximum atomic E-state index is 13.3. The molecule has 1 fully saturated rings. The quantitative estimate of drug-likeness (QED) is 0.781. The maximum Gasteiger partial charge on any atom is 0.243 e. The van der Waals surface area contributed by atoms with E-state index in [1.807, 2.05) is 6.92 Å². The predicted molar refractivity (Wildman–Crippen MR) is 91.5 cm³/mol. The number of hydrogen-bond donors (Lipinski definition) is 1. The van der Waals surface area contributed by atoms with Gasteiger partial charge in [-0.2, -0.15) is 14.1 Å². The third-order valence-corrected chi connectivity index (χ3v) is 7.06. The van der Waals surface area contributed by atoms with E-state index >= 15 is 0 Å². The summed E-state index contributed by atoms with van der Waals surface area (Å²) in [5.41, 5.74) is 0. The van der Waals surface area contributed by atoms with Crippen molar-refractivity contribution in [2.24, 2.45) is 0 Å². The number of nitrogens with one attached hydrogen (secondary N) is 1. The molecule has 1 saturated heterocycles. The van der Waals surface area contributed by atoms with Crippen LogP contribution in [0.1, 0.15) is 5.01 Å². The normalized spacial score (nSPS) is 17.2. The minimum Gasteiger partial charge on any atom is -0.314 e. The van der Waals surface area contributed by atoms with Crippen LogP contribution in [0.3, 0.4) is 0 Å². The molecular weight excluding hydrogens is 371 g/mol. The zero-order chi connectivity index (χ0) is 17.3. The summed E-state index contributed by atoms with van der Waals surface area (Å²) in [7, 11) is -3.65. The van der Waals surface area contributed by atoms with E-state index < -0.39 is 15.8 Å². The van der Waals surface area contributed by atoms with E-state index in [4.69, 9.17) is 12.2 Å². The zero-order valence-corrected chi connectivity index (χ0v) is 15.6. The Morgan fingerprint density at radius 2 is 2.08 bits per heavy atom. The highest BCUT2D eigenvalue weighted by molar-refractivity contribution is 7.89. The molecule has 0 amide bonds. The molecule has 10 heteroatoms. The Hall–Kier alpha value is -1.20. The second-order valence-electron chi connectivity index (χ2n) is 5.66. The van der Waals surface area contributed by atoms with Crippen LogP contribution in [0.2, 0.25) is 0 Å². The van der Waals surface area contributed by atoms with Gasteiger partial charge in [0.2, 0.25) is 10.0 Å². The smallest absolute Gasteiger partial charge is 0.243 e. The summed E-state index contributed by atoms with van der Waals surface area (Å²) in [4.78, 5) is 1.23. The fraction of sp³-hybridized carbons (Fsp3) is 0.429. The van der Waals surface area contributed by atoms with Crippen LogP contribution in [-0.2, 0) is 16.7 Å². The van der Waals surface area contributed by atoms with Gasteiger partial charge in [-0.3, -0.25) is 0 Å². The molecule has 2 aromatic rings. The summed E-state index contributed by atoms with van der Waals surface area (Å²) < 4.78 is 42.4. The molecule has 0 radical (unpaired) electrons. The van der Waals surface area contributed by atoms with E-state index in [2.05, 4.69) is 5.10 Å². The first-order valence-electron chi connectivity index (χ1n) is 7.50. The zero-order valence-electron chi connectivity index (χ0n) is 13.1. The minimum atomic E-state index is -3.65. The molecule has 2 heterocycles. The molecule has 130 valence electrons. The fourth-order valence-electron chi connectivity index (χ4n) is 2.70. The van der Waals surface area contributed by atoms with Gasteiger partial charge >= 0.3 is 0 Å². The van der Waals surface area contributed by atoms with Crippen molar-refractivity contribution in [1.29, 1.82) is 0 Å². The maximum absolute atomic E-state index is 13.3. The molecule has 1 aliphatic rings. The number of piperazine rings is 1. The number of hydrogen-bond acceptors (Lipinski definition) is 5. The summed E-state index contributed by atoms with van der Waals surface area (Å²) in [5.74, 6) is -0.548. The van der Waals surface area contributed by atoms with E-state index in [-0.39, 0.29) is 4.90 Å². The standard InChI is InChI=1S/C14H17FN4O2S3/c1-11-16-19(14(22)23-11)10-17-5-7-18(8-6-17)24(20,21)13-4-2-3-12(15)9-13/h2-4,9H,5-8,10H2,1H3/p+1. The van der Waals surface area contributed by atoms with E-state index in [1.165, 1.54) is 38.7 Å². The highest BCUT2D eigenvalue weighted by atomic mass is 32.2. The fourth-order valence-corrected chi connectivity index (χ4v) is 5.24. The number of aryl methyl sites for hydroxylation is 1. The first-order valence-corrected chi connectivity index (χ1v) is 10.2. The molecule has 0 bridgehead atoms. The Balaban J connectivity index is 1.66. The molecular formula is C14H18FN4O2S3+. The van der Waals surface area contributed by atoms with Gasteiger partial charge in [0.05, 0.1) is 31.1 Å².